The molecule has 6 heteroatoms. The molecule has 0 bridgehead atoms. The van der Waals surface area contributed by atoms with Gasteiger partial charge in [-0.2, -0.15) is 0 Å². The molecule has 0 aliphatic rings. The van der Waals surface area contributed by atoms with Gasteiger partial charge in [-0.25, -0.2) is 4.39 Å². The molecule has 0 aliphatic heterocycles. The number of thiophene rings is 1. The highest BCUT2D eigenvalue weighted by atomic mass is 32.1. The van der Waals surface area contributed by atoms with Crippen molar-refractivity contribution in [3.63, 3.8) is 0 Å². The fourth-order valence-electron chi connectivity index (χ4n) is 1.87. The lowest BCUT2D eigenvalue weighted by Crippen LogP contribution is -2.33. The molecule has 1 aromatic heterocycles. The lowest BCUT2D eigenvalue weighted by Gasteiger charge is -2.18. The first-order valence-corrected chi connectivity index (χ1v) is 6.87. The number of rotatable bonds is 4. The zero-order chi connectivity index (χ0) is 14.9. The number of hydrogen-bond acceptors (Lipinski definition) is 3. The van der Waals surface area contributed by atoms with Crippen LogP contribution in [0.5, 0.6) is 0 Å². The summed E-state index contributed by atoms with van der Waals surface area (Å²) in [5.74, 6) is -2.16. The molecule has 0 fully saturated rings. The number of benzene rings is 1. The molecular weight excluding hydrogens is 281 g/mol. The Morgan fingerprint density at radius 3 is 2.75 bits per heavy atom. The summed E-state index contributed by atoms with van der Waals surface area (Å²) in [6.45, 7) is 1.68. The number of carbonyl (C=O) groups is 2. The van der Waals surface area contributed by atoms with Crippen LogP contribution in [0.1, 0.15) is 16.6 Å². The smallest absolute Gasteiger partial charge is 0.308 e. The van der Waals surface area contributed by atoms with Crippen molar-refractivity contribution in [3.05, 3.63) is 35.0 Å². The number of carbonyl (C=O) groups excluding carboxylic acids is 1. The molecule has 0 radical (unpaired) electrons. The van der Waals surface area contributed by atoms with Gasteiger partial charge in [0.05, 0.1) is 10.8 Å². The zero-order valence-electron chi connectivity index (χ0n) is 11.1. The van der Waals surface area contributed by atoms with Crippen molar-refractivity contribution < 1.29 is 19.1 Å². The standard InChI is InChI=1S/C14H14FNO3S/c1-8(14(18)19)7-16(2)13(17)12-5-9-3-4-10(15)6-11(9)20-12/h3-6,8H,7H2,1-2H3,(H,18,19). The fourth-order valence-corrected chi connectivity index (χ4v) is 2.95. The van der Waals surface area contributed by atoms with E-state index >= 15 is 0 Å². The summed E-state index contributed by atoms with van der Waals surface area (Å²) < 4.78 is 13.8. The van der Waals surface area contributed by atoms with Crippen LogP contribution in [-0.2, 0) is 4.79 Å². The summed E-state index contributed by atoms with van der Waals surface area (Å²) in [5, 5.41) is 9.66. The number of halogens is 1. The van der Waals surface area contributed by atoms with Gasteiger partial charge >= 0.3 is 5.97 Å². The van der Waals surface area contributed by atoms with Gasteiger partial charge in [0.25, 0.3) is 5.91 Å². The summed E-state index contributed by atoms with van der Waals surface area (Å²) in [7, 11) is 1.56. The van der Waals surface area contributed by atoms with Crippen LogP contribution in [0.3, 0.4) is 0 Å². The average molecular weight is 295 g/mol. The highest BCUT2D eigenvalue weighted by Gasteiger charge is 2.20. The predicted octanol–water partition coefficient (Wildman–Crippen LogP) is 2.83. The topological polar surface area (TPSA) is 57.6 Å². The average Bonchev–Trinajstić information content (AvgIpc) is 2.80. The number of fused-ring (bicyclic) bond motifs is 1. The van der Waals surface area contributed by atoms with E-state index in [4.69, 9.17) is 5.11 Å². The molecule has 2 rings (SSSR count). The lowest BCUT2D eigenvalue weighted by atomic mass is 10.1. The molecule has 1 unspecified atom stereocenters. The Morgan fingerprint density at radius 2 is 2.10 bits per heavy atom. The SMILES string of the molecule is CC(CN(C)C(=O)c1cc2ccc(F)cc2s1)C(=O)O. The van der Waals surface area contributed by atoms with E-state index in [2.05, 4.69) is 0 Å². The quantitative estimate of drug-likeness (QED) is 0.943. The summed E-state index contributed by atoms with van der Waals surface area (Å²) in [6.07, 6.45) is 0. The fraction of sp³-hybridized carbons (Fsp3) is 0.286. The first-order chi connectivity index (χ1) is 9.38. The summed E-state index contributed by atoms with van der Waals surface area (Å²) in [6, 6.07) is 6.05. The molecule has 0 spiro atoms. The van der Waals surface area contributed by atoms with Crippen molar-refractivity contribution in [1.82, 2.24) is 4.90 Å². The molecule has 1 N–H and O–H groups in total. The van der Waals surface area contributed by atoms with E-state index < -0.39 is 11.9 Å². The molecule has 1 aromatic carbocycles. The van der Waals surface area contributed by atoms with Gasteiger partial charge in [-0.3, -0.25) is 9.59 Å². The summed E-state index contributed by atoms with van der Waals surface area (Å²) >= 11 is 1.20. The number of nitrogens with zero attached hydrogens (tertiary/aromatic N) is 1. The Labute approximate surface area is 119 Å². The molecule has 2 aromatic rings. The molecule has 1 heterocycles. The summed E-state index contributed by atoms with van der Waals surface area (Å²) in [4.78, 5) is 24.9. The van der Waals surface area contributed by atoms with Crippen LogP contribution in [-0.4, -0.2) is 35.5 Å². The van der Waals surface area contributed by atoms with Crippen molar-refractivity contribution in [2.24, 2.45) is 5.92 Å². The molecular formula is C14H14FNO3S. The zero-order valence-corrected chi connectivity index (χ0v) is 11.9. The van der Waals surface area contributed by atoms with Crippen molar-refractivity contribution >= 4 is 33.3 Å². The Kier molecular flexibility index (Phi) is 4.04. The van der Waals surface area contributed by atoms with Crippen LogP contribution >= 0.6 is 11.3 Å². The Morgan fingerprint density at radius 1 is 1.40 bits per heavy atom. The maximum Gasteiger partial charge on any atom is 0.308 e. The molecule has 106 valence electrons. The minimum Gasteiger partial charge on any atom is -0.481 e. The second-order valence-corrected chi connectivity index (χ2v) is 5.80. The highest BCUT2D eigenvalue weighted by Crippen LogP contribution is 2.27. The van der Waals surface area contributed by atoms with Crippen molar-refractivity contribution in [3.8, 4) is 0 Å². The number of amides is 1. The monoisotopic (exact) mass is 295 g/mol. The Balaban J connectivity index is 2.20. The van der Waals surface area contributed by atoms with E-state index in [1.54, 1.807) is 26.1 Å². The third-order valence-electron chi connectivity index (χ3n) is 3.01. The van der Waals surface area contributed by atoms with Crippen molar-refractivity contribution in [2.75, 3.05) is 13.6 Å². The van der Waals surface area contributed by atoms with Gasteiger partial charge in [0.1, 0.15) is 5.82 Å². The van der Waals surface area contributed by atoms with Crippen molar-refractivity contribution in [2.45, 2.75) is 6.92 Å². The predicted molar refractivity (Wildman–Crippen MR) is 75.5 cm³/mol. The van der Waals surface area contributed by atoms with E-state index in [1.807, 2.05) is 0 Å². The van der Waals surface area contributed by atoms with Crippen molar-refractivity contribution in [1.29, 1.82) is 0 Å². The maximum atomic E-state index is 13.1. The number of aliphatic carboxylic acids is 1. The Bertz CT molecular complexity index is 667. The number of carboxylic acid groups (broad SMARTS) is 1. The van der Waals surface area contributed by atoms with Crippen LogP contribution in [0.25, 0.3) is 10.1 Å². The second-order valence-electron chi connectivity index (χ2n) is 4.72. The number of carboxylic acids is 1. The van der Waals surface area contributed by atoms with Crippen LogP contribution in [0.2, 0.25) is 0 Å². The van der Waals surface area contributed by atoms with Crippen LogP contribution in [0.4, 0.5) is 4.39 Å². The first kappa shape index (κ1) is 14.5. The maximum absolute atomic E-state index is 13.1. The molecule has 1 amide bonds. The van der Waals surface area contributed by atoms with E-state index in [1.165, 1.54) is 28.4 Å². The third kappa shape index (κ3) is 2.96. The Hall–Kier alpha value is -1.95. The molecule has 20 heavy (non-hydrogen) atoms. The van der Waals surface area contributed by atoms with E-state index in [9.17, 15) is 14.0 Å². The van der Waals surface area contributed by atoms with Crippen LogP contribution in [0.15, 0.2) is 24.3 Å². The summed E-state index contributed by atoms with van der Waals surface area (Å²) in [5.41, 5.74) is 0. The van der Waals surface area contributed by atoms with Crippen LogP contribution in [0, 0.1) is 11.7 Å². The minimum atomic E-state index is -0.942. The van der Waals surface area contributed by atoms with Gasteiger partial charge < -0.3 is 10.0 Å². The lowest BCUT2D eigenvalue weighted by molar-refractivity contribution is -0.141. The molecule has 0 saturated carbocycles. The number of hydrogen-bond donors (Lipinski definition) is 1. The molecule has 0 saturated heterocycles. The first-order valence-electron chi connectivity index (χ1n) is 6.06. The van der Waals surface area contributed by atoms with Gasteiger partial charge in [-0.1, -0.05) is 13.0 Å². The van der Waals surface area contributed by atoms with Crippen LogP contribution < -0.4 is 0 Å². The molecule has 4 nitrogen and oxygen atoms in total. The van der Waals surface area contributed by atoms with Gasteiger partial charge in [-0.15, -0.1) is 11.3 Å². The van der Waals surface area contributed by atoms with Gasteiger partial charge in [-0.05, 0) is 23.6 Å². The van der Waals surface area contributed by atoms with E-state index in [0.29, 0.717) is 9.58 Å². The van der Waals surface area contributed by atoms with E-state index in [0.717, 1.165) is 5.39 Å². The molecule has 1 atom stereocenters. The van der Waals surface area contributed by atoms with E-state index in [-0.39, 0.29) is 18.3 Å². The second kappa shape index (κ2) is 5.58. The van der Waals surface area contributed by atoms with Gasteiger partial charge in [0.2, 0.25) is 0 Å². The normalized spacial score (nSPS) is 12.3. The van der Waals surface area contributed by atoms with Gasteiger partial charge in [0.15, 0.2) is 0 Å². The third-order valence-corrected chi connectivity index (χ3v) is 4.09. The highest BCUT2D eigenvalue weighted by molar-refractivity contribution is 7.20. The van der Waals surface area contributed by atoms with Gasteiger partial charge in [0, 0.05) is 18.3 Å². The molecule has 0 aliphatic carbocycles. The largest absolute Gasteiger partial charge is 0.481 e. The minimum absolute atomic E-state index is 0.136.